The number of aliphatic carboxylic acids is 2. The van der Waals surface area contributed by atoms with Gasteiger partial charge in [0.25, 0.3) is 0 Å². The fourth-order valence-corrected chi connectivity index (χ4v) is 4.60. The van der Waals surface area contributed by atoms with Gasteiger partial charge in [-0.3, -0.25) is 4.79 Å². The Morgan fingerprint density at radius 1 is 0.800 bits per heavy atom. The number of unbranched alkanes of at least 4 members (excludes halogenated alkanes) is 9. The van der Waals surface area contributed by atoms with Gasteiger partial charge in [-0.2, -0.15) is 0 Å². The molecule has 7 nitrogen and oxygen atoms in total. The highest BCUT2D eigenvalue weighted by molar-refractivity contribution is 5.83. The Hall–Kier alpha value is -1.18. The molecule has 2 unspecified atom stereocenters. The number of nitrogens with zero attached hydrogens (tertiary/aromatic N) is 1. The van der Waals surface area contributed by atoms with Crippen LogP contribution in [0.15, 0.2) is 0 Å². The van der Waals surface area contributed by atoms with Crippen molar-refractivity contribution in [2.75, 3.05) is 27.3 Å². The van der Waals surface area contributed by atoms with Gasteiger partial charge in [0, 0.05) is 26.1 Å². The Labute approximate surface area is 182 Å². The second-order valence-electron chi connectivity index (χ2n) is 9.06. The lowest BCUT2D eigenvalue weighted by atomic mass is 9.84. The van der Waals surface area contributed by atoms with Gasteiger partial charge in [-0.1, -0.05) is 64.7 Å². The molecular weight excluding hydrogens is 386 g/mol. The van der Waals surface area contributed by atoms with Crippen LogP contribution in [0.3, 0.4) is 0 Å². The van der Waals surface area contributed by atoms with E-state index in [1.807, 2.05) is 0 Å². The first-order chi connectivity index (χ1) is 14.2. The second-order valence-corrected chi connectivity index (χ2v) is 9.06. The molecule has 2 atom stereocenters. The molecule has 0 aliphatic heterocycles. The number of hydrogen-bond donors (Lipinski definition) is 4. The summed E-state index contributed by atoms with van der Waals surface area (Å²) in [4.78, 5) is 23.7. The van der Waals surface area contributed by atoms with Crippen molar-refractivity contribution in [3.05, 3.63) is 0 Å². The summed E-state index contributed by atoms with van der Waals surface area (Å²) in [7, 11) is 3.45. The van der Waals surface area contributed by atoms with E-state index in [0.717, 1.165) is 25.7 Å². The van der Waals surface area contributed by atoms with Gasteiger partial charge in [0.2, 0.25) is 5.54 Å². The molecule has 0 bridgehead atoms. The van der Waals surface area contributed by atoms with Crippen LogP contribution in [-0.4, -0.2) is 75.7 Å². The molecule has 0 aromatic rings. The van der Waals surface area contributed by atoms with Crippen molar-refractivity contribution in [2.45, 2.75) is 108 Å². The lowest BCUT2D eigenvalue weighted by Gasteiger charge is -2.50. The van der Waals surface area contributed by atoms with Gasteiger partial charge in [-0.05, 0) is 12.8 Å². The first kappa shape index (κ1) is 28.8. The lowest BCUT2D eigenvalue weighted by Crippen LogP contribution is -2.69. The zero-order valence-corrected chi connectivity index (χ0v) is 19.4. The van der Waals surface area contributed by atoms with Gasteiger partial charge in [0.05, 0.1) is 20.1 Å². The van der Waals surface area contributed by atoms with Crippen molar-refractivity contribution >= 4 is 11.9 Å². The summed E-state index contributed by atoms with van der Waals surface area (Å²) in [5, 5.41) is 38.4. The maximum absolute atomic E-state index is 12.2. The zero-order chi connectivity index (χ0) is 23.0. The van der Waals surface area contributed by atoms with Crippen LogP contribution in [0.1, 0.15) is 96.8 Å². The van der Waals surface area contributed by atoms with Crippen LogP contribution in [0.5, 0.6) is 0 Å². The van der Waals surface area contributed by atoms with Gasteiger partial charge >= 0.3 is 11.9 Å². The molecule has 0 saturated carbocycles. The third-order valence-electron chi connectivity index (χ3n) is 6.74. The Balaban J connectivity index is 4.85. The molecule has 0 aliphatic carbocycles. The quantitative estimate of drug-likeness (QED) is 0.172. The van der Waals surface area contributed by atoms with Gasteiger partial charge in [0.1, 0.15) is 6.42 Å². The van der Waals surface area contributed by atoms with E-state index in [1.54, 1.807) is 14.1 Å². The average Bonchev–Trinajstić information content (AvgIpc) is 2.67. The molecule has 178 valence electrons. The number of quaternary nitrogens is 1. The molecule has 0 spiro atoms. The van der Waals surface area contributed by atoms with E-state index in [9.17, 15) is 30.0 Å². The van der Waals surface area contributed by atoms with E-state index >= 15 is 0 Å². The molecule has 30 heavy (non-hydrogen) atoms. The van der Waals surface area contributed by atoms with Gasteiger partial charge in [-0.15, -0.1) is 0 Å². The summed E-state index contributed by atoms with van der Waals surface area (Å²) in [6, 6.07) is -0.189. The maximum atomic E-state index is 12.2. The smallest absolute Gasteiger partial charge is 0.366 e. The third-order valence-corrected chi connectivity index (χ3v) is 6.74. The van der Waals surface area contributed by atoms with Crippen molar-refractivity contribution in [1.29, 1.82) is 0 Å². The molecule has 0 aliphatic rings. The molecular formula is C23H46NO6+. The van der Waals surface area contributed by atoms with Gasteiger partial charge in [-0.25, -0.2) is 4.79 Å². The minimum Gasteiger partial charge on any atom is -0.481 e. The van der Waals surface area contributed by atoms with Gasteiger partial charge in [0.15, 0.2) is 0 Å². The summed E-state index contributed by atoms with van der Waals surface area (Å²) < 4.78 is -0.0623. The topological polar surface area (TPSA) is 115 Å². The van der Waals surface area contributed by atoms with E-state index in [2.05, 4.69) is 6.92 Å². The predicted octanol–water partition coefficient (Wildman–Crippen LogP) is 3.81. The summed E-state index contributed by atoms with van der Waals surface area (Å²) in [6.07, 6.45) is 12.5. The second kappa shape index (κ2) is 15.6. The molecule has 0 radical (unpaired) electrons. The first-order valence-corrected chi connectivity index (χ1v) is 11.7. The van der Waals surface area contributed by atoms with Crippen molar-refractivity contribution in [1.82, 2.24) is 0 Å². The van der Waals surface area contributed by atoms with Gasteiger partial charge < -0.3 is 24.9 Å². The molecule has 7 heteroatoms. The lowest BCUT2D eigenvalue weighted by molar-refractivity contribution is -0.956. The summed E-state index contributed by atoms with van der Waals surface area (Å²) in [5.74, 6) is -2.41. The summed E-state index contributed by atoms with van der Waals surface area (Å²) in [6.45, 7) is 1.74. The number of likely N-dealkylation sites (N-methyl/N-ethyl adjacent to an activating group) is 1. The average molecular weight is 433 g/mol. The fraction of sp³-hybridized carbons (Fsp3) is 0.913. The standard InChI is InChI=1S/C23H45NO6/c1-4-5-6-7-8-9-10-11-12-13-14-20(15-17-25)24(2,3)23(16-18-26,22(29)30)19-21(27)28/h20,25-26H,4-19H2,1-3H3,(H-,27,28,29,30)/p+1. The normalized spacial score (nSPS) is 15.0. The number of hydrogen-bond acceptors (Lipinski definition) is 4. The summed E-state index contributed by atoms with van der Waals surface area (Å²) >= 11 is 0. The number of rotatable bonds is 20. The first-order valence-electron chi connectivity index (χ1n) is 11.7. The van der Waals surface area contributed by atoms with Crippen molar-refractivity contribution in [3.8, 4) is 0 Å². The highest BCUT2D eigenvalue weighted by Crippen LogP contribution is 2.35. The summed E-state index contributed by atoms with van der Waals surface area (Å²) in [5.41, 5.74) is -1.63. The monoisotopic (exact) mass is 432 g/mol. The molecule has 0 amide bonds. The van der Waals surface area contributed by atoms with E-state index in [1.165, 1.54) is 44.9 Å². The Morgan fingerprint density at radius 2 is 1.30 bits per heavy atom. The number of aliphatic hydroxyl groups is 2. The Morgan fingerprint density at radius 3 is 1.70 bits per heavy atom. The molecule has 0 heterocycles. The predicted molar refractivity (Wildman–Crippen MR) is 118 cm³/mol. The number of carboxylic acids is 2. The van der Waals surface area contributed by atoms with Crippen LogP contribution in [0.4, 0.5) is 0 Å². The molecule has 0 saturated heterocycles. The third kappa shape index (κ3) is 9.31. The SMILES string of the molecule is CCCCCCCCCCCCC(CCO)[N+](C)(C)C(CCO)(CC(=O)O)C(=O)O. The van der Waals surface area contributed by atoms with Crippen LogP contribution in [-0.2, 0) is 9.59 Å². The fourth-order valence-electron chi connectivity index (χ4n) is 4.60. The highest BCUT2D eigenvalue weighted by atomic mass is 16.4. The van der Waals surface area contributed by atoms with Crippen LogP contribution >= 0.6 is 0 Å². The maximum Gasteiger partial charge on any atom is 0.366 e. The van der Waals surface area contributed by atoms with Crippen molar-refractivity contribution in [2.24, 2.45) is 0 Å². The number of carboxylic acid groups (broad SMARTS) is 2. The molecule has 0 fully saturated rings. The number of carbonyl (C=O) groups is 2. The molecule has 4 N–H and O–H groups in total. The van der Waals surface area contributed by atoms with Crippen LogP contribution in [0.2, 0.25) is 0 Å². The molecule has 0 aromatic carbocycles. The Bertz CT molecular complexity index is 482. The Kier molecular flexibility index (Phi) is 15.0. The largest absolute Gasteiger partial charge is 0.481 e. The van der Waals surface area contributed by atoms with Crippen molar-refractivity contribution in [3.63, 3.8) is 0 Å². The van der Waals surface area contributed by atoms with Crippen LogP contribution < -0.4 is 0 Å². The van der Waals surface area contributed by atoms with E-state index in [-0.39, 0.29) is 23.6 Å². The minimum atomic E-state index is -1.63. The van der Waals surface area contributed by atoms with E-state index in [4.69, 9.17) is 0 Å². The minimum absolute atomic E-state index is 0.0623. The highest BCUT2D eigenvalue weighted by Gasteiger charge is 2.56. The van der Waals surface area contributed by atoms with E-state index in [0.29, 0.717) is 6.42 Å². The van der Waals surface area contributed by atoms with E-state index < -0.39 is 30.5 Å². The van der Waals surface area contributed by atoms with Crippen LogP contribution in [0, 0.1) is 0 Å². The molecule has 0 rings (SSSR count). The van der Waals surface area contributed by atoms with Crippen LogP contribution in [0.25, 0.3) is 0 Å². The number of aliphatic hydroxyl groups excluding tert-OH is 2. The molecule has 0 aromatic heterocycles. The zero-order valence-electron chi connectivity index (χ0n) is 19.4. The van der Waals surface area contributed by atoms with Crippen molar-refractivity contribution < 1.29 is 34.5 Å².